The summed E-state index contributed by atoms with van der Waals surface area (Å²) in [6.07, 6.45) is 3.59. The fourth-order valence-corrected chi connectivity index (χ4v) is 5.34. The lowest BCUT2D eigenvalue weighted by atomic mass is 10.1. The number of hydrogen-bond acceptors (Lipinski definition) is 4. The van der Waals surface area contributed by atoms with Crippen LogP contribution in [0.1, 0.15) is 38.3 Å². The molecule has 1 aliphatic carbocycles. The summed E-state index contributed by atoms with van der Waals surface area (Å²) < 4.78 is 6.00. The number of nitrogens with zero attached hydrogens (tertiary/aromatic N) is 2. The molecule has 0 N–H and O–H groups in total. The Kier molecular flexibility index (Phi) is 6.05. The zero-order chi connectivity index (χ0) is 21.0. The third-order valence-electron chi connectivity index (χ3n) is 6.25. The zero-order valence-corrected chi connectivity index (χ0v) is 18.6. The SMILES string of the molecule is O=C(c1cc(COc2ccc3c(c2)CCC3)cs1)N1CCN(Cc2ccccc2)CC1. The van der Waals surface area contributed by atoms with Crippen molar-refractivity contribution in [2.24, 2.45) is 0 Å². The third kappa shape index (κ3) is 4.83. The molecule has 0 atom stereocenters. The average molecular weight is 433 g/mol. The highest BCUT2D eigenvalue weighted by Gasteiger charge is 2.23. The quantitative estimate of drug-likeness (QED) is 0.562. The molecule has 0 unspecified atom stereocenters. The van der Waals surface area contributed by atoms with Crippen LogP contribution in [0.15, 0.2) is 60.0 Å². The molecule has 2 heterocycles. The summed E-state index contributed by atoms with van der Waals surface area (Å²) >= 11 is 1.53. The van der Waals surface area contributed by atoms with Crippen molar-refractivity contribution >= 4 is 17.2 Å². The monoisotopic (exact) mass is 432 g/mol. The number of piperazine rings is 1. The molecule has 1 aromatic heterocycles. The molecule has 0 bridgehead atoms. The number of fused-ring (bicyclic) bond motifs is 1. The van der Waals surface area contributed by atoms with Gasteiger partial charge in [-0.25, -0.2) is 0 Å². The van der Waals surface area contributed by atoms with Crippen LogP contribution in [0.4, 0.5) is 0 Å². The second-order valence-electron chi connectivity index (χ2n) is 8.45. The van der Waals surface area contributed by atoms with E-state index in [1.54, 1.807) is 0 Å². The molecule has 5 heteroatoms. The standard InChI is InChI=1S/C26H28N2O2S/c29-26(28-13-11-27(12-14-28)17-20-5-2-1-3-6-20)25-15-21(19-31-25)18-30-24-10-9-22-7-4-8-23(22)16-24/h1-3,5-6,9-10,15-16,19H,4,7-8,11-14,17-18H2. The van der Waals surface area contributed by atoms with Crippen molar-refractivity contribution in [2.45, 2.75) is 32.4 Å². The predicted molar refractivity (Wildman–Crippen MR) is 125 cm³/mol. The van der Waals surface area contributed by atoms with E-state index in [1.807, 2.05) is 22.4 Å². The Labute approximate surface area is 188 Å². The van der Waals surface area contributed by atoms with Crippen molar-refractivity contribution < 1.29 is 9.53 Å². The van der Waals surface area contributed by atoms with Gasteiger partial charge in [0.15, 0.2) is 0 Å². The van der Waals surface area contributed by atoms with Crippen LogP contribution < -0.4 is 4.74 Å². The van der Waals surface area contributed by atoms with Gasteiger partial charge >= 0.3 is 0 Å². The molecule has 2 aromatic carbocycles. The van der Waals surface area contributed by atoms with Crippen LogP contribution in [0.3, 0.4) is 0 Å². The van der Waals surface area contributed by atoms with Gasteiger partial charge in [-0.05, 0) is 59.5 Å². The van der Waals surface area contributed by atoms with Gasteiger partial charge in [-0.2, -0.15) is 0 Å². The summed E-state index contributed by atoms with van der Waals surface area (Å²) in [4.78, 5) is 18.2. The number of rotatable bonds is 6. The van der Waals surface area contributed by atoms with E-state index < -0.39 is 0 Å². The van der Waals surface area contributed by atoms with Crippen molar-refractivity contribution in [1.82, 2.24) is 9.80 Å². The Morgan fingerprint density at radius 2 is 1.71 bits per heavy atom. The van der Waals surface area contributed by atoms with E-state index in [2.05, 4.69) is 47.4 Å². The van der Waals surface area contributed by atoms with Gasteiger partial charge < -0.3 is 9.64 Å². The number of carbonyl (C=O) groups is 1. The first kappa shape index (κ1) is 20.3. The van der Waals surface area contributed by atoms with Gasteiger partial charge in [0.2, 0.25) is 0 Å². The molecule has 2 aliphatic rings. The molecule has 0 radical (unpaired) electrons. The van der Waals surface area contributed by atoms with Crippen molar-refractivity contribution in [3.63, 3.8) is 0 Å². The van der Waals surface area contributed by atoms with Gasteiger partial charge in [-0.3, -0.25) is 9.69 Å². The molecule has 0 spiro atoms. The summed E-state index contributed by atoms with van der Waals surface area (Å²) in [5.74, 6) is 1.07. The Hall–Kier alpha value is -2.63. The van der Waals surface area contributed by atoms with Crippen molar-refractivity contribution in [1.29, 1.82) is 0 Å². The number of amides is 1. The molecule has 5 rings (SSSR count). The summed E-state index contributed by atoms with van der Waals surface area (Å²) in [7, 11) is 0. The number of thiophene rings is 1. The second-order valence-corrected chi connectivity index (χ2v) is 9.36. The minimum absolute atomic E-state index is 0.146. The van der Waals surface area contributed by atoms with E-state index in [-0.39, 0.29) is 5.91 Å². The molecular weight excluding hydrogens is 404 g/mol. The van der Waals surface area contributed by atoms with Crippen LogP contribution in [0.5, 0.6) is 5.75 Å². The van der Waals surface area contributed by atoms with Gasteiger partial charge in [-0.1, -0.05) is 36.4 Å². The number of hydrogen-bond donors (Lipinski definition) is 0. The first-order chi connectivity index (χ1) is 15.2. The van der Waals surface area contributed by atoms with Crippen LogP contribution in [-0.2, 0) is 26.0 Å². The number of benzene rings is 2. The minimum Gasteiger partial charge on any atom is -0.489 e. The highest BCUT2D eigenvalue weighted by Crippen LogP contribution is 2.27. The Morgan fingerprint density at radius 1 is 0.903 bits per heavy atom. The fraction of sp³-hybridized carbons (Fsp3) is 0.346. The van der Waals surface area contributed by atoms with Crippen molar-refractivity contribution in [3.05, 3.63) is 87.1 Å². The van der Waals surface area contributed by atoms with E-state index in [9.17, 15) is 4.79 Å². The summed E-state index contributed by atoms with van der Waals surface area (Å²) in [5.41, 5.74) is 5.27. The highest BCUT2D eigenvalue weighted by molar-refractivity contribution is 7.12. The lowest BCUT2D eigenvalue weighted by molar-refractivity contribution is 0.0633. The Morgan fingerprint density at radius 3 is 2.55 bits per heavy atom. The van der Waals surface area contributed by atoms with E-state index >= 15 is 0 Å². The first-order valence-corrected chi connectivity index (χ1v) is 12.0. The van der Waals surface area contributed by atoms with Gasteiger partial charge in [0.05, 0.1) is 4.88 Å². The zero-order valence-electron chi connectivity index (χ0n) is 17.8. The lowest BCUT2D eigenvalue weighted by Gasteiger charge is -2.34. The maximum absolute atomic E-state index is 13.0. The smallest absolute Gasteiger partial charge is 0.264 e. The number of carbonyl (C=O) groups excluding carboxylic acids is 1. The average Bonchev–Trinajstić information content (AvgIpc) is 3.48. The van der Waals surface area contributed by atoms with Crippen LogP contribution >= 0.6 is 11.3 Å². The minimum atomic E-state index is 0.146. The third-order valence-corrected chi connectivity index (χ3v) is 7.22. The Balaban J connectivity index is 1.12. The van der Waals surface area contributed by atoms with E-state index in [1.165, 1.54) is 40.9 Å². The van der Waals surface area contributed by atoms with Gasteiger partial charge in [-0.15, -0.1) is 11.3 Å². The predicted octanol–water partition coefficient (Wildman–Crippen LogP) is 4.77. The second kappa shape index (κ2) is 9.25. The molecule has 31 heavy (non-hydrogen) atoms. The molecule has 160 valence electrons. The molecule has 1 saturated heterocycles. The van der Waals surface area contributed by atoms with Crippen molar-refractivity contribution in [2.75, 3.05) is 26.2 Å². The van der Waals surface area contributed by atoms with E-state index in [0.29, 0.717) is 6.61 Å². The summed E-state index contributed by atoms with van der Waals surface area (Å²) in [6.45, 7) is 4.86. The molecule has 1 aliphatic heterocycles. The first-order valence-electron chi connectivity index (χ1n) is 11.1. The van der Waals surface area contributed by atoms with Crippen LogP contribution in [0.25, 0.3) is 0 Å². The fourth-order valence-electron chi connectivity index (χ4n) is 4.47. The van der Waals surface area contributed by atoms with E-state index in [4.69, 9.17) is 4.74 Å². The van der Waals surface area contributed by atoms with Gasteiger partial charge in [0.1, 0.15) is 12.4 Å². The highest BCUT2D eigenvalue weighted by atomic mass is 32.1. The molecule has 4 nitrogen and oxygen atoms in total. The summed E-state index contributed by atoms with van der Waals surface area (Å²) in [6, 6.07) is 19.0. The topological polar surface area (TPSA) is 32.8 Å². The number of aryl methyl sites for hydroxylation is 2. The maximum Gasteiger partial charge on any atom is 0.264 e. The van der Waals surface area contributed by atoms with Crippen LogP contribution in [-0.4, -0.2) is 41.9 Å². The molecule has 0 saturated carbocycles. The maximum atomic E-state index is 13.0. The normalized spacial score (nSPS) is 16.3. The number of ether oxygens (including phenoxy) is 1. The molecule has 1 fully saturated rings. The Bertz CT molecular complexity index is 1040. The van der Waals surface area contributed by atoms with Gasteiger partial charge in [0.25, 0.3) is 5.91 Å². The largest absolute Gasteiger partial charge is 0.489 e. The molecular formula is C26H28N2O2S. The molecule has 1 amide bonds. The van der Waals surface area contributed by atoms with Gasteiger partial charge in [0, 0.05) is 38.3 Å². The van der Waals surface area contributed by atoms with Crippen LogP contribution in [0, 0.1) is 0 Å². The van der Waals surface area contributed by atoms with E-state index in [0.717, 1.165) is 55.3 Å². The van der Waals surface area contributed by atoms with Crippen molar-refractivity contribution in [3.8, 4) is 5.75 Å². The van der Waals surface area contributed by atoms with Crippen LogP contribution in [0.2, 0.25) is 0 Å². The molecule has 3 aromatic rings. The summed E-state index contributed by atoms with van der Waals surface area (Å²) in [5, 5.41) is 2.05. The lowest BCUT2D eigenvalue weighted by Crippen LogP contribution is -2.48.